The summed E-state index contributed by atoms with van der Waals surface area (Å²) in [4.78, 5) is 0. The molecule has 0 fully saturated rings. The Bertz CT molecular complexity index is 486. The molecule has 1 aromatic heterocycles. The molecule has 2 aromatic rings. The van der Waals surface area contributed by atoms with Crippen LogP contribution in [0.3, 0.4) is 0 Å². The van der Waals surface area contributed by atoms with E-state index in [0.29, 0.717) is 18.4 Å². The number of aryl methyl sites for hydroxylation is 1. The summed E-state index contributed by atoms with van der Waals surface area (Å²) < 4.78 is 5.93. The van der Waals surface area contributed by atoms with Gasteiger partial charge in [-0.1, -0.05) is 32.0 Å². The highest BCUT2D eigenvalue weighted by Gasteiger charge is 2.17. The molecular formula is C14H19NO. The van der Waals surface area contributed by atoms with Gasteiger partial charge in [-0.15, -0.1) is 0 Å². The van der Waals surface area contributed by atoms with E-state index in [-0.39, 0.29) is 0 Å². The van der Waals surface area contributed by atoms with Crippen molar-refractivity contribution in [2.24, 2.45) is 11.7 Å². The summed E-state index contributed by atoms with van der Waals surface area (Å²) in [7, 11) is 0. The predicted molar refractivity (Wildman–Crippen MR) is 67.6 cm³/mol. The van der Waals surface area contributed by atoms with Crippen molar-refractivity contribution in [2.45, 2.75) is 26.7 Å². The highest BCUT2D eigenvalue weighted by Crippen LogP contribution is 2.30. The minimum absolute atomic E-state index is 0.372. The van der Waals surface area contributed by atoms with E-state index in [2.05, 4.69) is 45.0 Å². The molecule has 0 aliphatic rings. The van der Waals surface area contributed by atoms with Gasteiger partial charge >= 0.3 is 0 Å². The zero-order chi connectivity index (χ0) is 11.7. The van der Waals surface area contributed by atoms with Crippen LogP contribution in [0.25, 0.3) is 11.0 Å². The molecule has 2 heteroatoms. The smallest absolute Gasteiger partial charge is 0.137 e. The first-order valence-corrected chi connectivity index (χ1v) is 5.82. The SMILES string of the molecule is Cc1cccc2cc(C(C)C(C)CN)oc12. The Hall–Kier alpha value is -1.28. The number of hydrogen-bond donors (Lipinski definition) is 1. The molecule has 0 amide bonds. The third-order valence-electron chi connectivity index (χ3n) is 3.43. The van der Waals surface area contributed by atoms with Gasteiger partial charge in [-0.2, -0.15) is 0 Å². The van der Waals surface area contributed by atoms with Gasteiger partial charge in [0.15, 0.2) is 0 Å². The second-order valence-electron chi connectivity index (χ2n) is 4.64. The van der Waals surface area contributed by atoms with E-state index in [0.717, 1.165) is 11.3 Å². The van der Waals surface area contributed by atoms with Gasteiger partial charge < -0.3 is 10.2 Å². The molecule has 0 aliphatic heterocycles. The molecule has 0 spiro atoms. The monoisotopic (exact) mass is 217 g/mol. The molecule has 2 N–H and O–H groups in total. The van der Waals surface area contributed by atoms with Gasteiger partial charge in [-0.05, 0) is 31.0 Å². The Morgan fingerprint density at radius 3 is 2.69 bits per heavy atom. The van der Waals surface area contributed by atoms with Crippen LogP contribution in [0, 0.1) is 12.8 Å². The van der Waals surface area contributed by atoms with Crippen LogP contribution in [-0.2, 0) is 0 Å². The maximum absolute atomic E-state index is 5.93. The van der Waals surface area contributed by atoms with Crippen LogP contribution >= 0.6 is 0 Å². The maximum Gasteiger partial charge on any atom is 0.137 e. The van der Waals surface area contributed by atoms with Crippen molar-refractivity contribution in [2.75, 3.05) is 6.54 Å². The van der Waals surface area contributed by atoms with Crippen LogP contribution in [0.4, 0.5) is 0 Å². The van der Waals surface area contributed by atoms with Crippen molar-refractivity contribution < 1.29 is 4.42 Å². The zero-order valence-electron chi connectivity index (χ0n) is 10.2. The fourth-order valence-electron chi connectivity index (χ4n) is 1.94. The van der Waals surface area contributed by atoms with E-state index in [1.807, 2.05) is 0 Å². The Morgan fingerprint density at radius 2 is 2.06 bits per heavy atom. The summed E-state index contributed by atoms with van der Waals surface area (Å²) in [6.45, 7) is 7.10. The van der Waals surface area contributed by atoms with E-state index in [9.17, 15) is 0 Å². The molecule has 0 saturated heterocycles. The van der Waals surface area contributed by atoms with E-state index in [1.54, 1.807) is 0 Å². The van der Waals surface area contributed by atoms with E-state index in [4.69, 9.17) is 10.2 Å². The molecule has 0 aliphatic carbocycles. The van der Waals surface area contributed by atoms with E-state index >= 15 is 0 Å². The van der Waals surface area contributed by atoms with Gasteiger partial charge in [0, 0.05) is 11.3 Å². The minimum atomic E-state index is 0.372. The summed E-state index contributed by atoms with van der Waals surface area (Å²) in [5, 5.41) is 1.19. The standard InChI is InChI=1S/C14H19NO/c1-9-5-4-6-12-7-13(16-14(9)12)11(3)10(2)8-15/h4-7,10-11H,8,15H2,1-3H3. The zero-order valence-corrected chi connectivity index (χ0v) is 10.2. The first-order chi connectivity index (χ1) is 7.63. The summed E-state index contributed by atoms with van der Waals surface area (Å²) in [5.41, 5.74) is 7.89. The van der Waals surface area contributed by atoms with Gasteiger partial charge in [0.1, 0.15) is 11.3 Å². The molecule has 16 heavy (non-hydrogen) atoms. The predicted octanol–water partition coefficient (Wildman–Crippen LogP) is 3.44. The molecule has 2 rings (SSSR count). The molecule has 0 saturated carbocycles. The maximum atomic E-state index is 5.93. The lowest BCUT2D eigenvalue weighted by Gasteiger charge is -2.14. The average Bonchev–Trinajstić information content (AvgIpc) is 2.72. The topological polar surface area (TPSA) is 39.2 Å². The fraction of sp³-hybridized carbons (Fsp3) is 0.429. The molecular weight excluding hydrogens is 198 g/mol. The van der Waals surface area contributed by atoms with Crippen molar-refractivity contribution >= 4 is 11.0 Å². The summed E-state index contributed by atoms with van der Waals surface area (Å²) in [5.74, 6) is 1.86. The Balaban J connectivity index is 2.43. The second-order valence-corrected chi connectivity index (χ2v) is 4.64. The summed E-state index contributed by atoms with van der Waals surface area (Å²) >= 11 is 0. The van der Waals surface area contributed by atoms with Crippen LogP contribution in [0.2, 0.25) is 0 Å². The van der Waals surface area contributed by atoms with Gasteiger partial charge in [0.05, 0.1) is 0 Å². The van der Waals surface area contributed by atoms with Crippen molar-refractivity contribution in [3.05, 3.63) is 35.6 Å². The number of fused-ring (bicyclic) bond motifs is 1. The Morgan fingerprint density at radius 1 is 1.31 bits per heavy atom. The van der Waals surface area contributed by atoms with Crippen LogP contribution < -0.4 is 5.73 Å². The lowest BCUT2D eigenvalue weighted by atomic mass is 9.94. The molecule has 1 aromatic carbocycles. The highest BCUT2D eigenvalue weighted by atomic mass is 16.3. The lowest BCUT2D eigenvalue weighted by molar-refractivity contribution is 0.415. The van der Waals surface area contributed by atoms with Crippen molar-refractivity contribution in [3.8, 4) is 0 Å². The molecule has 2 unspecified atom stereocenters. The Labute approximate surface area is 96.4 Å². The van der Waals surface area contributed by atoms with Crippen LogP contribution in [0.15, 0.2) is 28.7 Å². The van der Waals surface area contributed by atoms with Crippen molar-refractivity contribution in [1.29, 1.82) is 0 Å². The number of nitrogens with two attached hydrogens (primary N) is 1. The third kappa shape index (κ3) is 1.85. The van der Waals surface area contributed by atoms with E-state index in [1.165, 1.54) is 10.9 Å². The van der Waals surface area contributed by atoms with Gasteiger partial charge in [-0.3, -0.25) is 0 Å². The number of hydrogen-bond acceptors (Lipinski definition) is 2. The number of rotatable bonds is 3. The first kappa shape index (κ1) is 11.2. The normalized spacial score (nSPS) is 15.2. The van der Waals surface area contributed by atoms with Gasteiger partial charge in [0.25, 0.3) is 0 Å². The molecule has 86 valence electrons. The summed E-state index contributed by atoms with van der Waals surface area (Å²) in [6.07, 6.45) is 0. The quantitative estimate of drug-likeness (QED) is 0.855. The number of para-hydroxylation sites is 1. The Kier molecular flexibility index (Phi) is 3.01. The fourth-order valence-corrected chi connectivity index (χ4v) is 1.94. The first-order valence-electron chi connectivity index (χ1n) is 5.82. The molecule has 0 bridgehead atoms. The van der Waals surface area contributed by atoms with Gasteiger partial charge in [0.2, 0.25) is 0 Å². The van der Waals surface area contributed by atoms with Crippen LogP contribution in [0.5, 0.6) is 0 Å². The molecule has 2 atom stereocenters. The molecule has 2 nitrogen and oxygen atoms in total. The van der Waals surface area contributed by atoms with Crippen LogP contribution in [-0.4, -0.2) is 6.54 Å². The third-order valence-corrected chi connectivity index (χ3v) is 3.43. The number of benzene rings is 1. The largest absolute Gasteiger partial charge is 0.461 e. The van der Waals surface area contributed by atoms with Crippen molar-refractivity contribution in [3.63, 3.8) is 0 Å². The number of furan rings is 1. The summed E-state index contributed by atoms with van der Waals surface area (Å²) in [6, 6.07) is 8.37. The minimum Gasteiger partial charge on any atom is -0.461 e. The molecule has 0 radical (unpaired) electrons. The second kappa shape index (κ2) is 4.30. The van der Waals surface area contributed by atoms with Gasteiger partial charge in [-0.25, -0.2) is 0 Å². The van der Waals surface area contributed by atoms with E-state index < -0.39 is 0 Å². The lowest BCUT2D eigenvalue weighted by Crippen LogP contribution is -2.16. The molecule has 1 heterocycles. The highest BCUT2D eigenvalue weighted by molar-refractivity contribution is 5.81. The van der Waals surface area contributed by atoms with Crippen LogP contribution in [0.1, 0.15) is 31.1 Å². The van der Waals surface area contributed by atoms with Crippen molar-refractivity contribution in [1.82, 2.24) is 0 Å². The average molecular weight is 217 g/mol.